The lowest BCUT2D eigenvalue weighted by atomic mass is 10.2. The molecule has 150 valence electrons. The van der Waals surface area contributed by atoms with Crippen LogP contribution in [0.5, 0.6) is 0 Å². The van der Waals surface area contributed by atoms with Crippen LogP contribution in [0.25, 0.3) is 5.52 Å². The molecule has 1 aromatic carbocycles. The number of aromatic nitrogens is 3. The molecule has 2 amide bonds. The van der Waals surface area contributed by atoms with E-state index in [4.69, 9.17) is 0 Å². The lowest BCUT2D eigenvalue weighted by Crippen LogP contribution is -2.31. The Hall–Kier alpha value is -4.00. The monoisotopic (exact) mass is 399 g/mol. The molecule has 4 rings (SSSR count). The molecule has 0 fully saturated rings. The van der Waals surface area contributed by atoms with E-state index < -0.39 is 0 Å². The fourth-order valence-corrected chi connectivity index (χ4v) is 3.29. The van der Waals surface area contributed by atoms with Crippen molar-refractivity contribution in [1.29, 1.82) is 0 Å². The SMILES string of the molecule is CCN(C(=O)c1nc(C(=O)NCc2ccccn2)n2ccccc12)c1ccccc1. The molecule has 0 spiro atoms. The minimum atomic E-state index is -0.372. The van der Waals surface area contributed by atoms with Gasteiger partial charge in [0.15, 0.2) is 5.69 Å². The third kappa shape index (κ3) is 3.77. The number of rotatable bonds is 6. The average molecular weight is 399 g/mol. The van der Waals surface area contributed by atoms with Crippen LogP contribution in [-0.2, 0) is 6.54 Å². The van der Waals surface area contributed by atoms with E-state index >= 15 is 0 Å². The number of nitrogens with zero attached hydrogens (tertiary/aromatic N) is 4. The van der Waals surface area contributed by atoms with E-state index in [0.717, 1.165) is 11.4 Å². The summed E-state index contributed by atoms with van der Waals surface area (Å²) in [5.41, 5.74) is 2.34. The van der Waals surface area contributed by atoms with Gasteiger partial charge in [-0.05, 0) is 43.3 Å². The van der Waals surface area contributed by atoms with Crippen molar-refractivity contribution in [2.45, 2.75) is 13.5 Å². The summed E-state index contributed by atoms with van der Waals surface area (Å²) in [5, 5.41) is 2.82. The third-order valence-corrected chi connectivity index (χ3v) is 4.74. The highest BCUT2D eigenvalue weighted by Gasteiger charge is 2.25. The molecule has 0 saturated carbocycles. The highest BCUT2D eigenvalue weighted by atomic mass is 16.2. The fourth-order valence-electron chi connectivity index (χ4n) is 3.29. The van der Waals surface area contributed by atoms with Crippen LogP contribution in [0, 0.1) is 0 Å². The summed E-state index contributed by atoms with van der Waals surface area (Å²) < 4.78 is 1.64. The van der Waals surface area contributed by atoms with E-state index in [9.17, 15) is 9.59 Å². The second-order valence-electron chi connectivity index (χ2n) is 6.63. The van der Waals surface area contributed by atoms with Gasteiger partial charge in [-0.15, -0.1) is 0 Å². The minimum Gasteiger partial charge on any atom is -0.344 e. The molecular formula is C23H21N5O2. The Bertz CT molecular complexity index is 1170. The first-order chi connectivity index (χ1) is 14.7. The van der Waals surface area contributed by atoms with Crippen LogP contribution in [-0.4, -0.2) is 32.7 Å². The number of carbonyl (C=O) groups is 2. The second kappa shape index (κ2) is 8.57. The van der Waals surface area contributed by atoms with Gasteiger partial charge in [-0.3, -0.25) is 19.0 Å². The van der Waals surface area contributed by atoms with Crippen molar-refractivity contribution in [3.8, 4) is 0 Å². The van der Waals surface area contributed by atoms with Gasteiger partial charge in [0, 0.05) is 24.6 Å². The molecule has 1 N–H and O–H groups in total. The molecule has 0 atom stereocenters. The van der Waals surface area contributed by atoms with Crippen molar-refractivity contribution in [3.63, 3.8) is 0 Å². The summed E-state index contributed by atoms with van der Waals surface area (Å²) in [6.07, 6.45) is 3.40. The van der Waals surface area contributed by atoms with Gasteiger partial charge in [0.1, 0.15) is 0 Å². The fraction of sp³-hybridized carbons (Fsp3) is 0.130. The number of carbonyl (C=O) groups excluding carboxylic acids is 2. The number of nitrogens with one attached hydrogen (secondary N) is 1. The van der Waals surface area contributed by atoms with Crippen molar-refractivity contribution in [1.82, 2.24) is 19.7 Å². The molecule has 3 heterocycles. The smallest absolute Gasteiger partial charge is 0.288 e. The van der Waals surface area contributed by atoms with Crippen molar-refractivity contribution >= 4 is 23.0 Å². The quantitative estimate of drug-likeness (QED) is 0.539. The van der Waals surface area contributed by atoms with Gasteiger partial charge >= 0.3 is 0 Å². The highest BCUT2D eigenvalue weighted by molar-refractivity contribution is 6.10. The number of benzene rings is 1. The molecule has 4 aromatic rings. The van der Waals surface area contributed by atoms with Crippen LogP contribution in [0.4, 0.5) is 5.69 Å². The zero-order valence-electron chi connectivity index (χ0n) is 16.5. The van der Waals surface area contributed by atoms with Gasteiger partial charge in [-0.25, -0.2) is 4.98 Å². The summed E-state index contributed by atoms with van der Waals surface area (Å²) >= 11 is 0. The Labute approximate surface area is 174 Å². The van der Waals surface area contributed by atoms with Gasteiger partial charge in [0.25, 0.3) is 11.8 Å². The van der Waals surface area contributed by atoms with Gasteiger partial charge < -0.3 is 10.2 Å². The van der Waals surface area contributed by atoms with E-state index in [1.165, 1.54) is 0 Å². The molecule has 3 aromatic heterocycles. The molecule has 7 nitrogen and oxygen atoms in total. The first kappa shape index (κ1) is 19.3. The Kier molecular flexibility index (Phi) is 5.52. The molecule has 0 aliphatic rings. The topological polar surface area (TPSA) is 79.6 Å². The van der Waals surface area contributed by atoms with E-state index in [2.05, 4.69) is 15.3 Å². The summed E-state index contributed by atoms with van der Waals surface area (Å²) in [6, 6.07) is 20.3. The van der Waals surface area contributed by atoms with Crippen LogP contribution in [0.1, 0.15) is 33.7 Å². The van der Waals surface area contributed by atoms with Crippen LogP contribution in [0.3, 0.4) is 0 Å². The lowest BCUT2D eigenvalue weighted by molar-refractivity contribution is 0.0939. The van der Waals surface area contributed by atoms with Crippen molar-refractivity contribution in [2.75, 3.05) is 11.4 Å². The zero-order chi connectivity index (χ0) is 20.9. The van der Waals surface area contributed by atoms with Gasteiger partial charge in [-0.2, -0.15) is 0 Å². The summed E-state index contributed by atoms with van der Waals surface area (Å²) in [4.78, 5) is 36.4. The zero-order valence-corrected chi connectivity index (χ0v) is 16.5. The van der Waals surface area contributed by atoms with Crippen LogP contribution >= 0.6 is 0 Å². The first-order valence-electron chi connectivity index (χ1n) is 9.71. The van der Waals surface area contributed by atoms with Gasteiger partial charge in [-0.1, -0.05) is 30.3 Å². The van der Waals surface area contributed by atoms with Crippen LogP contribution < -0.4 is 10.2 Å². The average Bonchev–Trinajstić information content (AvgIpc) is 3.19. The summed E-state index contributed by atoms with van der Waals surface area (Å²) in [6.45, 7) is 2.66. The normalized spacial score (nSPS) is 10.7. The van der Waals surface area contributed by atoms with E-state index in [1.54, 1.807) is 33.8 Å². The Morgan fingerprint density at radius 2 is 1.77 bits per heavy atom. The maximum atomic E-state index is 13.3. The maximum Gasteiger partial charge on any atom is 0.288 e. The summed E-state index contributed by atoms with van der Waals surface area (Å²) in [5.74, 6) is -0.464. The maximum absolute atomic E-state index is 13.3. The predicted octanol–water partition coefficient (Wildman–Crippen LogP) is 3.33. The molecule has 7 heteroatoms. The number of hydrogen-bond donors (Lipinski definition) is 1. The molecule has 30 heavy (non-hydrogen) atoms. The van der Waals surface area contributed by atoms with Crippen molar-refractivity contribution < 1.29 is 9.59 Å². The van der Waals surface area contributed by atoms with E-state index in [-0.39, 0.29) is 29.9 Å². The van der Waals surface area contributed by atoms with Crippen LogP contribution in [0.15, 0.2) is 79.1 Å². The number of fused-ring (bicyclic) bond motifs is 1. The third-order valence-electron chi connectivity index (χ3n) is 4.74. The molecule has 0 saturated heterocycles. The molecule has 0 radical (unpaired) electrons. The van der Waals surface area contributed by atoms with E-state index in [0.29, 0.717) is 12.1 Å². The van der Waals surface area contributed by atoms with Gasteiger partial charge in [0.2, 0.25) is 5.82 Å². The molecule has 0 aliphatic heterocycles. The predicted molar refractivity (Wildman–Crippen MR) is 114 cm³/mol. The Morgan fingerprint density at radius 3 is 2.50 bits per heavy atom. The van der Waals surface area contributed by atoms with Crippen molar-refractivity contribution in [2.24, 2.45) is 0 Å². The second-order valence-corrected chi connectivity index (χ2v) is 6.63. The Balaban J connectivity index is 1.66. The number of pyridine rings is 2. The standard InChI is InChI=1S/C23H21N5O2/c1-2-27(18-11-4-3-5-12-18)23(30)20-19-13-7-9-15-28(19)21(26-20)22(29)25-16-17-10-6-8-14-24-17/h3-15H,2,16H2,1H3,(H,25,29). The van der Waals surface area contributed by atoms with E-state index in [1.807, 2.05) is 61.5 Å². The molecule has 0 unspecified atom stereocenters. The number of imidazole rings is 1. The molecule has 0 bridgehead atoms. The highest BCUT2D eigenvalue weighted by Crippen LogP contribution is 2.20. The minimum absolute atomic E-state index is 0.161. The number of amides is 2. The summed E-state index contributed by atoms with van der Waals surface area (Å²) in [7, 11) is 0. The van der Waals surface area contributed by atoms with Gasteiger partial charge in [0.05, 0.1) is 17.8 Å². The lowest BCUT2D eigenvalue weighted by Gasteiger charge is -2.20. The largest absolute Gasteiger partial charge is 0.344 e. The first-order valence-corrected chi connectivity index (χ1v) is 9.71. The number of anilines is 1. The number of para-hydroxylation sites is 1. The van der Waals surface area contributed by atoms with Crippen molar-refractivity contribution in [3.05, 3.63) is 96.3 Å². The Morgan fingerprint density at radius 1 is 1.00 bits per heavy atom. The number of hydrogen-bond acceptors (Lipinski definition) is 4. The van der Waals surface area contributed by atoms with Crippen LogP contribution in [0.2, 0.25) is 0 Å². The molecule has 0 aliphatic carbocycles. The molecular weight excluding hydrogens is 378 g/mol.